The predicted octanol–water partition coefficient (Wildman–Crippen LogP) is 7.02. The van der Waals surface area contributed by atoms with Crippen molar-refractivity contribution < 1.29 is 13.9 Å². The number of hydrogen-bond acceptors (Lipinski definition) is 1. The first-order chi connectivity index (χ1) is 18.3. The summed E-state index contributed by atoms with van der Waals surface area (Å²) in [7, 11) is 2.11. The van der Waals surface area contributed by atoms with Gasteiger partial charge < -0.3 is 4.74 Å². The third kappa shape index (κ3) is 3.65. The van der Waals surface area contributed by atoms with Crippen LogP contribution in [0.1, 0.15) is 48.6 Å². The molecule has 0 saturated heterocycles. The van der Waals surface area contributed by atoms with Crippen molar-refractivity contribution in [1.82, 2.24) is 0 Å². The zero-order chi connectivity index (χ0) is 26.5. The monoisotopic (exact) mass is 498 g/mol. The molecule has 0 spiro atoms. The number of para-hydroxylation sites is 1. The molecular weight excluding hydrogens is 464 g/mol. The van der Waals surface area contributed by atoms with E-state index in [9.17, 15) is 0 Å². The van der Waals surface area contributed by atoms with Crippen molar-refractivity contribution in [2.24, 2.45) is 7.05 Å². The fourth-order valence-electron chi connectivity index (χ4n) is 5.79. The summed E-state index contributed by atoms with van der Waals surface area (Å²) in [6, 6.07) is 36.8. The number of benzene rings is 3. The number of pyridine rings is 2. The van der Waals surface area contributed by atoms with E-state index < -0.39 is 5.54 Å². The van der Waals surface area contributed by atoms with Crippen LogP contribution < -0.4 is 13.9 Å². The van der Waals surface area contributed by atoms with Crippen molar-refractivity contribution in [3.05, 3.63) is 143 Å². The van der Waals surface area contributed by atoms with Gasteiger partial charge >= 0.3 is 5.88 Å². The fraction of sp³-hybridized carbons (Fsp3) is 0.200. The number of ether oxygens (including phenoxy) is 1. The van der Waals surface area contributed by atoms with E-state index in [4.69, 9.17) is 4.74 Å². The lowest BCUT2D eigenvalue weighted by molar-refractivity contribution is -0.741. The Bertz CT molecular complexity index is 1590. The maximum atomic E-state index is 6.87. The van der Waals surface area contributed by atoms with Gasteiger partial charge in [-0.05, 0) is 35.6 Å². The molecule has 0 bridgehead atoms. The van der Waals surface area contributed by atoms with Crippen LogP contribution in [0.25, 0.3) is 11.3 Å². The summed E-state index contributed by atoms with van der Waals surface area (Å²) in [5, 5.41) is 0. The zero-order valence-electron chi connectivity index (χ0n) is 22.8. The molecular formula is C35H34N2O+2. The van der Waals surface area contributed by atoms with Crippen LogP contribution in [0.5, 0.6) is 11.6 Å². The smallest absolute Gasteiger partial charge is 0.389 e. The molecule has 0 unspecified atom stereocenters. The molecule has 3 heterocycles. The summed E-state index contributed by atoms with van der Waals surface area (Å²) in [5.74, 6) is 1.72. The van der Waals surface area contributed by atoms with E-state index in [-0.39, 0.29) is 5.41 Å². The Kier molecular flexibility index (Phi) is 5.68. The Morgan fingerprint density at radius 1 is 0.711 bits per heavy atom. The quantitative estimate of drug-likeness (QED) is 0.240. The molecule has 0 N–H and O–H groups in total. The molecule has 3 aromatic carbocycles. The summed E-state index contributed by atoms with van der Waals surface area (Å²) in [4.78, 5) is 0. The number of hydrogen-bond donors (Lipinski definition) is 0. The standard InChI is InChI=1S/C35H34N2O/c1-25-20-23-37-33(32(25)30-24-28(34(2,3)4)21-22-36(30)5)38-31-19-13-12-18-29(31)35(37,26-14-8-6-9-15-26)27-16-10-7-11-17-27/h6-24H,1-5H3/q+2. The minimum Gasteiger partial charge on any atom is -0.404 e. The van der Waals surface area contributed by atoms with Crippen LogP contribution >= 0.6 is 0 Å². The molecule has 3 nitrogen and oxygen atoms in total. The lowest BCUT2D eigenvalue weighted by Crippen LogP contribution is -2.61. The Labute approximate surface area is 225 Å². The van der Waals surface area contributed by atoms with Crippen molar-refractivity contribution in [3.8, 4) is 22.9 Å². The third-order valence-corrected chi connectivity index (χ3v) is 7.80. The number of nitrogens with zero attached hydrogens (tertiary/aromatic N) is 2. The van der Waals surface area contributed by atoms with E-state index in [0.717, 1.165) is 28.5 Å². The molecule has 0 fully saturated rings. The number of rotatable bonds is 3. The van der Waals surface area contributed by atoms with Crippen molar-refractivity contribution in [2.45, 2.75) is 38.6 Å². The van der Waals surface area contributed by atoms with Gasteiger partial charge in [0.15, 0.2) is 18.0 Å². The zero-order valence-corrected chi connectivity index (χ0v) is 22.8. The van der Waals surface area contributed by atoms with E-state index in [0.29, 0.717) is 0 Å². The third-order valence-electron chi connectivity index (χ3n) is 7.80. The van der Waals surface area contributed by atoms with Gasteiger partial charge in [0.2, 0.25) is 5.69 Å². The second kappa shape index (κ2) is 8.95. The summed E-state index contributed by atoms with van der Waals surface area (Å²) in [6.45, 7) is 8.96. The van der Waals surface area contributed by atoms with Crippen LogP contribution in [0, 0.1) is 6.92 Å². The first-order valence-electron chi connectivity index (χ1n) is 13.3. The highest BCUT2D eigenvalue weighted by Gasteiger charge is 2.54. The predicted molar refractivity (Wildman–Crippen MR) is 151 cm³/mol. The summed E-state index contributed by atoms with van der Waals surface area (Å²) < 4.78 is 11.4. The first-order valence-corrected chi connectivity index (χ1v) is 13.3. The van der Waals surface area contributed by atoms with Crippen molar-refractivity contribution in [2.75, 3.05) is 0 Å². The molecule has 5 aromatic rings. The molecule has 0 aliphatic carbocycles. The minimum atomic E-state index is -0.602. The normalized spacial score (nSPS) is 13.8. The van der Waals surface area contributed by atoms with Gasteiger partial charge in [-0.3, -0.25) is 0 Å². The molecule has 0 atom stereocenters. The molecule has 0 radical (unpaired) electrons. The molecule has 1 aliphatic heterocycles. The first kappa shape index (κ1) is 24.1. The van der Waals surface area contributed by atoms with Crippen molar-refractivity contribution >= 4 is 0 Å². The maximum absolute atomic E-state index is 6.87. The highest BCUT2D eigenvalue weighted by molar-refractivity contribution is 5.68. The lowest BCUT2D eigenvalue weighted by atomic mass is 9.75. The highest BCUT2D eigenvalue weighted by atomic mass is 16.5. The molecule has 0 saturated carbocycles. The van der Waals surface area contributed by atoms with Gasteiger partial charge in [-0.15, -0.1) is 4.57 Å². The van der Waals surface area contributed by atoms with Crippen molar-refractivity contribution in [1.29, 1.82) is 0 Å². The van der Waals surface area contributed by atoms with Gasteiger partial charge in [0.05, 0.1) is 5.56 Å². The summed E-state index contributed by atoms with van der Waals surface area (Å²) in [5.41, 5.74) is 7.64. The van der Waals surface area contributed by atoms with E-state index >= 15 is 0 Å². The van der Waals surface area contributed by atoms with Crippen molar-refractivity contribution in [3.63, 3.8) is 0 Å². The van der Waals surface area contributed by atoms with Gasteiger partial charge in [0.1, 0.15) is 12.8 Å². The second-order valence-electron chi connectivity index (χ2n) is 11.3. The Hall–Kier alpha value is -4.24. The molecule has 0 amide bonds. The molecule has 2 aromatic heterocycles. The lowest BCUT2D eigenvalue weighted by Gasteiger charge is -2.35. The molecule has 1 aliphatic rings. The Morgan fingerprint density at radius 2 is 1.32 bits per heavy atom. The largest absolute Gasteiger partial charge is 0.404 e. The average Bonchev–Trinajstić information content (AvgIpc) is 2.93. The summed E-state index contributed by atoms with van der Waals surface area (Å²) >= 11 is 0. The second-order valence-corrected chi connectivity index (χ2v) is 11.3. The van der Waals surface area contributed by atoms with Crippen LogP contribution in [-0.2, 0) is 18.0 Å². The molecule has 3 heteroatoms. The van der Waals surface area contributed by atoms with E-state index in [1.807, 2.05) is 0 Å². The summed E-state index contributed by atoms with van der Waals surface area (Å²) in [6.07, 6.45) is 4.36. The Balaban J connectivity index is 1.76. The van der Waals surface area contributed by atoms with Gasteiger partial charge in [0.25, 0.3) is 5.54 Å². The van der Waals surface area contributed by atoms with Crippen LogP contribution in [-0.4, -0.2) is 0 Å². The van der Waals surface area contributed by atoms with Crippen LogP contribution in [0.2, 0.25) is 0 Å². The van der Waals surface area contributed by atoms with Crippen LogP contribution in [0.3, 0.4) is 0 Å². The molecule has 6 rings (SSSR count). The molecule has 188 valence electrons. The Morgan fingerprint density at radius 3 is 1.95 bits per heavy atom. The van der Waals surface area contributed by atoms with E-state index in [1.54, 1.807) is 0 Å². The minimum absolute atomic E-state index is 0.0319. The van der Waals surface area contributed by atoms with Gasteiger partial charge in [0, 0.05) is 29.3 Å². The SMILES string of the molecule is Cc1cc[n+]2c(c1-c1cc(C(C)(C)C)cc[n+]1C)Oc1ccccc1C2(c1ccccc1)c1ccccc1. The maximum Gasteiger partial charge on any atom is 0.389 e. The topological polar surface area (TPSA) is 17.0 Å². The number of aryl methyl sites for hydroxylation is 2. The molecule has 38 heavy (non-hydrogen) atoms. The van der Waals surface area contributed by atoms with E-state index in [2.05, 4.69) is 159 Å². The average molecular weight is 499 g/mol. The number of aromatic nitrogens is 2. The van der Waals surface area contributed by atoms with E-state index in [1.165, 1.54) is 22.3 Å². The van der Waals surface area contributed by atoms with Crippen LogP contribution in [0.4, 0.5) is 0 Å². The van der Waals surface area contributed by atoms with Gasteiger partial charge in [-0.2, -0.15) is 0 Å². The highest BCUT2D eigenvalue weighted by Crippen LogP contribution is 2.48. The fourth-order valence-corrected chi connectivity index (χ4v) is 5.79. The van der Waals surface area contributed by atoms with Crippen LogP contribution in [0.15, 0.2) is 116 Å². The van der Waals surface area contributed by atoms with Gasteiger partial charge in [-0.1, -0.05) is 93.6 Å². The number of fused-ring (bicyclic) bond motifs is 2. The van der Waals surface area contributed by atoms with Gasteiger partial charge in [-0.25, -0.2) is 4.57 Å².